The molecule has 2 rings (SSSR count). The molecule has 0 unspecified atom stereocenters. The predicted octanol–water partition coefficient (Wildman–Crippen LogP) is 0.0961. The zero-order chi connectivity index (χ0) is 11.7. The van der Waals surface area contributed by atoms with Crippen molar-refractivity contribution in [2.75, 3.05) is 13.1 Å². The van der Waals surface area contributed by atoms with E-state index in [0.29, 0.717) is 13.1 Å². The van der Waals surface area contributed by atoms with Gasteiger partial charge in [0.25, 0.3) is 11.6 Å². The average molecular weight is 224 g/mol. The highest BCUT2D eigenvalue weighted by molar-refractivity contribution is 5.93. The Labute approximate surface area is 91.4 Å². The summed E-state index contributed by atoms with van der Waals surface area (Å²) < 4.78 is 0. The Hall–Kier alpha value is -1.89. The second-order valence-corrected chi connectivity index (χ2v) is 3.83. The van der Waals surface area contributed by atoms with Crippen LogP contribution in [0.15, 0.2) is 12.3 Å². The van der Waals surface area contributed by atoms with Gasteiger partial charge in [-0.1, -0.05) is 0 Å². The fourth-order valence-electron chi connectivity index (χ4n) is 1.75. The highest BCUT2D eigenvalue weighted by Crippen LogP contribution is 2.16. The average Bonchev–Trinajstić information content (AvgIpc) is 2.84. The van der Waals surface area contributed by atoms with Gasteiger partial charge in [-0.3, -0.25) is 14.9 Å². The molecule has 1 aromatic heterocycles. The number of aromatic nitrogens is 1. The predicted molar refractivity (Wildman–Crippen MR) is 55.9 cm³/mol. The highest BCUT2D eigenvalue weighted by atomic mass is 16.6. The number of carbonyl (C=O) groups excluding carboxylic acids is 1. The van der Waals surface area contributed by atoms with Gasteiger partial charge >= 0.3 is 0 Å². The van der Waals surface area contributed by atoms with Crippen molar-refractivity contribution in [3.8, 4) is 0 Å². The van der Waals surface area contributed by atoms with E-state index >= 15 is 0 Å². The SMILES string of the molecule is N[C@@H]1CCN(C(=O)c2cc([N+](=O)[O-])c[nH]2)C1. The normalized spacial score (nSPS) is 20.1. The summed E-state index contributed by atoms with van der Waals surface area (Å²) in [6, 6.07) is 1.25. The molecule has 1 aliphatic rings. The smallest absolute Gasteiger partial charge is 0.287 e. The Kier molecular flexibility index (Phi) is 2.61. The second kappa shape index (κ2) is 3.93. The number of aromatic amines is 1. The van der Waals surface area contributed by atoms with Gasteiger partial charge in [0.2, 0.25) is 0 Å². The lowest BCUT2D eigenvalue weighted by Gasteiger charge is -2.13. The summed E-state index contributed by atoms with van der Waals surface area (Å²) in [6.45, 7) is 1.11. The third kappa shape index (κ3) is 1.89. The van der Waals surface area contributed by atoms with Crippen molar-refractivity contribution in [1.29, 1.82) is 0 Å². The van der Waals surface area contributed by atoms with Gasteiger partial charge in [-0.05, 0) is 6.42 Å². The summed E-state index contributed by atoms with van der Waals surface area (Å²) in [6.07, 6.45) is 1.98. The number of rotatable bonds is 2. The summed E-state index contributed by atoms with van der Waals surface area (Å²) in [7, 11) is 0. The minimum atomic E-state index is -0.539. The van der Waals surface area contributed by atoms with Crippen LogP contribution < -0.4 is 5.73 Å². The Morgan fingerprint density at radius 1 is 1.69 bits per heavy atom. The molecular weight excluding hydrogens is 212 g/mol. The summed E-state index contributed by atoms with van der Waals surface area (Å²) in [4.78, 5) is 26.0. The minimum Gasteiger partial charge on any atom is -0.351 e. The molecule has 1 amide bonds. The van der Waals surface area contributed by atoms with Crippen molar-refractivity contribution in [3.63, 3.8) is 0 Å². The van der Waals surface area contributed by atoms with Gasteiger partial charge in [0, 0.05) is 25.2 Å². The lowest BCUT2D eigenvalue weighted by molar-refractivity contribution is -0.384. The first-order valence-corrected chi connectivity index (χ1v) is 4.95. The molecule has 1 fully saturated rings. The first kappa shape index (κ1) is 10.6. The van der Waals surface area contributed by atoms with Crippen molar-refractivity contribution >= 4 is 11.6 Å². The molecule has 1 aromatic rings. The van der Waals surface area contributed by atoms with Crippen molar-refractivity contribution in [2.24, 2.45) is 5.73 Å². The molecule has 7 nitrogen and oxygen atoms in total. The number of nitrogens with two attached hydrogens (primary N) is 1. The standard InChI is InChI=1S/C9H12N4O3/c10-6-1-2-12(5-6)9(14)8-3-7(4-11-8)13(15)16/h3-4,6,11H,1-2,5,10H2/t6-/m1/s1. The van der Waals surface area contributed by atoms with Crippen LogP contribution in [0.4, 0.5) is 5.69 Å². The second-order valence-electron chi connectivity index (χ2n) is 3.83. The van der Waals surface area contributed by atoms with Crippen molar-refractivity contribution in [1.82, 2.24) is 9.88 Å². The number of hydrogen-bond acceptors (Lipinski definition) is 4. The quantitative estimate of drug-likeness (QED) is 0.548. The Bertz CT molecular complexity index is 428. The van der Waals surface area contributed by atoms with Crippen LogP contribution in [0.25, 0.3) is 0 Å². The summed E-state index contributed by atoms with van der Waals surface area (Å²) in [5.41, 5.74) is 5.81. The van der Waals surface area contributed by atoms with E-state index in [-0.39, 0.29) is 23.3 Å². The maximum absolute atomic E-state index is 11.8. The lowest BCUT2D eigenvalue weighted by atomic mass is 10.3. The molecule has 16 heavy (non-hydrogen) atoms. The van der Waals surface area contributed by atoms with Gasteiger partial charge in [0.1, 0.15) is 5.69 Å². The van der Waals surface area contributed by atoms with Crippen molar-refractivity contribution < 1.29 is 9.72 Å². The summed E-state index contributed by atoms with van der Waals surface area (Å²) in [5.74, 6) is -0.235. The lowest BCUT2D eigenvalue weighted by Crippen LogP contribution is -2.32. The molecule has 2 heterocycles. The maximum atomic E-state index is 11.8. The molecule has 86 valence electrons. The summed E-state index contributed by atoms with van der Waals surface area (Å²) >= 11 is 0. The zero-order valence-corrected chi connectivity index (χ0v) is 8.55. The van der Waals surface area contributed by atoms with E-state index in [1.807, 2.05) is 0 Å². The van der Waals surface area contributed by atoms with Crippen LogP contribution in [0.1, 0.15) is 16.9 Å². The fraction of sp³-hybridized carbons (Fsp3) is 0.444. The van der Waals surface area contributed by atoms with Crippen LogP contribution in [0.2, 0.25) is 0 Å². The first-order valence-electron chi connectivity index (χ1n) is 4.95. The number of nitrogens with zero attached hydrogens (tertiary/aromatic N) is 2. The number of nitro groups is 1. The maximum Gasteiger partial charge on any atom is 0.287 e. The monoisotopic (exact) mass is 224 g/mol. The van der Waals surface area contributed by atoms with Crippen LogP contribution in [-0.2, 0) is 0 Å². The number of nitrogens with one attached hydrogen (secondary N) is 1. The molecule has 0 radical (unpaired) electrons. The molecule has 0 saturated carbocycles. The van der Waals surface area contributed by atoms with Crippen molar-refractivity contribution in [3.05, 3.63) is 28.1 Å². The number of amides is 1. The minimum absolute atomic E-state index is 0.00824. The third-order valence-electron chi connectivity index (χ3n) is 2.62. The van der Waals surface area contributed by atoms with Gasteiger partial charge in [0.15, 0.2) is 0 Å². The molecule has 0 aromatic carbocycles. The van der Waals surface area contributed by atoms with E-state index in [9.17, 15) is 14.9 Å². The van der Waals surface area contributed by atoms with Crippen LogP contribution in [-0.4, -0.2) is 39.8 Å². The highest BCUT2D eigenvalue weighted by Gasteiger charge is 2.26. The Balaban J connectivity index is 2.11. The number of carbonyl (C=O) groups is 1. The molecule has 0 bridgehead atoms. The molecule has 1 saturated heterocycles. The van der Waals surface area contributed by atoms with Crippen LogP contribution in [0, 0.1) is 10.1 Å². The molecule has 7 heteroatoms. The Morgan fingerprint density at radius 2 is 2.44 bits per heavy atom. The van der Waals surface area contributed by atoms with Gasteiger partial charge in [0.05, 0.1) is 11.1 Å². The first-order chi connectivity index (χ1) is 7.58. The molecular formula is C9H12N4O3. The fourth-order valence-corrected chi connectivity index (χ4v) is 1.75. The zero-order valence-electron chi connectivity index (χ0n) is 8.55. The number of H-pyrrole nitrogens is 1. The van der Waals surface area contributed by atoms with Gasteiger partial charge in [-0.25, -0.2) is 0 Å². The largest absolute Gasteiger partial charge is 0.351 e. The van der Waals surface area contributed by atoms with Gasteiger partial charge in [-0.2, -0.15) is 0 Å². The number of hydrogen-bond donors (Lipinski definition) is 2. The molecule has 0 spiro atoms. The van der Waals surface area contributed by atoms with Gasteiger partial charge in [-0.15, -0.1) is 0 Å². The molecule has 1 aliphatic heterocycles. The third-order valence-corrected chi connectivity index (χ3v) is 2.62. The van der Waals surface area contributed by atoms with E-state index in [2.05, 4.69) is 4.98 Å². The van der Waals surface area contributed by atoms with Crippen LogP contribution in [0.5, 0.6) is 0 Å². The van der Waals surface area contributed by atoms with Crippen LogP contribution >= 0.6 is 0 Å². The summed E-state index contributed by atoms with van der Waals surface area (Å²) in [5, 5.41) is 10.5. The van der Waals surface area contributed by atoms with E-state index in [1.54, 1.807) is 4.90 Å². The molecule has 1 atom stereocenters. The van der Waals surface area contributed by atoms with E-state index < -0.39 is 4.92 Å². The van der Waals surface area contributed by atoms with E-state index in [0.717, 1.165) is 6.42 Å². The van der Waals surface area contributed by atoms with Gasteiger partial charge < -0.3 is 15.6 Å². The van der Waals surface area contributed by atoms with Crippen molar-refractivity contribution in [2.45, 2.75) is 12.5 Å². The number of likely N-dealkylation sites (tertiary alicyclic amines) is 1. The van der Waals surface area contributed by atoms with Crippen LogP contribution in [0.3, 0.4) is 0 Å². The topological polar surface area (TPSA) is 105 Å². The van der Waals surface area contributed by atoms with E-state index in [4.69, 9.17) is 5.73 Å². The Morgan fingerprint density at radius 3 is 2.94 bits per heavy atom. The molecule has 3 N–H and O–H groups in total. The van der Waals surface area contributed by atoms with E-state index in [1.165, 1.54) is 12.3 Å². The molecule has 0 aliphatic carbocycles.